The number of carboxylic acid groups (broad SMARTS) is 1. The molecule has 0 unspecified atom stereocenters. The molecule has 3 aromatic heterocycles. The van der Waals surface area contributed by atoms with Crippen molar-refractivity contribution in [2.45, 2.75) is 33.9 Å². The number of halogens is 1. The normalized spacial score (nSPS) is 11.3. The Morgan fingerprint density at radius 3 is 2.50 bits per heavy atom. The van der Waals surface area contributed by atoms with Crippen LogP contribution in [-0.2, 0) is 22.7 Å². The zero-order valence-corrected chi connectivity index (χ0v) is 20.5. The zero-order chi connectivity index (χ0) is 25.2. The van der Waals surface area contributed by atoms with Crippen molar-refractivity contribution < 1.29 is 24.2 Å². The number of methoxy groups -OCH3 is 1. The number of ketones is 1. The second-order valence-corrected chi connectivity index (χ2v) is 10.2. The van der Waals surface area contributed by atoms with Crippen molar-refractivity contribution in [3.63, 3.8) is 0 Å². The van der Waals surface area contributed by atoms with Crippen molar-refractivity contribution >= 4 is 46.4 Å². The lowest BCUT2D eigenvalue weighted by Gasteiger charge is -2.18. The standard InChI is InChI=1S/C22H23ClN4O6S/c1-22(2,3)21(32)27-17(24-10-12-5-6-16(23)34-12)9-13(25-27)18-15(33-4)7-8-26(19(18)29)11-14(28)20(30)31/h5-9,24H,10-11H2,1-4H3,(H,30,31). The fourth-order valence-corrected chi connectivity index (χ4v) is 4.06. The van der Waals surface area contributed by atoms with Crippen LogP contribution in [0.1, 0.15) is 30.4 Å². The highest BCUT2D eigenvalue weighted by molar-refractivity contribution is 7.16. The first-order chi connectivity index (χ1) is 15.9. The first-order valence-corrected chi connectivity index (χ1v) is 11.3. The Morgan fingerprint density at radius 2 is 1.94 bits per heavy atom. The van der Waals surface area contributed by atoms with Crippen molar-refractivity contribution in [3.05, 3.63) is 50.0 Å². The third-order valence-corrected chi connectivity index (χ3v) is 6.00. The summed E-state index contributed by atoms with van der Waals surface area (Å²) in [4.78, 5) is 49.8. The quantitative estimate of drug-likeness (QED) is 0.444. The maximum absolute atomic E-state index is 13.1. The van der Waals surface area contributed by atoms with E-state index in [9.17, 15) is 19.2 Å². The minimum Gasteiger partial charge on any atom is -0.496 e. The molecule has 0 amide bonds. The SMILES string of the molecule is COc1ccn(CC(=O)C(=O)O)c(=O)c1-c1cc(NCc2ccc(Cl)s2)n(C(=O)C(C)(C)C)n1. The van der Waals surface area contributed by atoms with Gasteiger partial charge in [-0.1, -0.05) is 32.4 Å². The van der Waals surface area contributed by atoms with Crippen molar-refractivity contribution in [3.8, 4) is 17.0 Å². The monoisotopic (exact) mass is 506 g/mol. The van der Waals surface area contributed by atoms with Gasteiger partial charge in [-0.2, -0.15) is 9.78 Å². The number of nitrogens with one attached hydrogen (secondary N) is 1. The molecule has 0 saturated carbocycles. The van der Waals surface area contributed by atoms with Gasteiger partial charge in [0.1, 0.15) is 22.8 Å². The smallest absolute Gasteiger partial charge is 0.374 e. The number of nitrogens with zero attached hydrogens (tertiary/aromatic N) is 3. The van der Waals surface area contributed by atoms with E-state index in [0.29, 0.717) is 16.7 Å². The van der Waals surface area contributed by atoms with Gasteiger partial charge in [-0.05, 0) is 18.2 Å². The van der Waals surface area contributed by atoms with Gasteiger partial charge in [-0.15, -0.1) is 11.3 Å². The number of carbonyl (C=O) groups is 3. The summed E-state index contributed by atoms with van der Waals surface area (Å²) in [6, 6.07) is 6.58. The number of carboxylic acids is 1. The fraction of sp³-hybridized carbons (Fsp3) is 0.318. The Hall–Kier alpha value is -3.44. The number of ether oxygens (including phenoxy) is 1. The molecule has 3 heterocycles. The van der Waals surface area contributed by atoms with Crippen molar-refractivity contribution in [2.75, 3.05) is 12.4 Å². The van der Waals surface area contributed by atoms with Gasteiger partial charge >= 0.3 is 5.97 Å². The molecular formula is C22H23ClN4O6S. The molecule has 0 aliphatic rings. The predicted molar refractivity (Wildman–Crippen MR) is 128 cm³/mol. The van der Waals surface area contributed by atoms with Crippen molar-refractivity contribution in [1.29, 1.82) is 0 Å². The predicted octanol–water partition coefficient (Wildman–Crippen LogP) is 3.39. The lowest BCUT2D eigenvalue weighted by molar-refractivity contribution is -0.149. The molecule has 0 bridgehead atoms. The number of hydrogen-bond donors (Lipinski definition) is 2. The van der Waals surface area contributed by atoms with Crippen LogP contribution in [0.5, 0.6) is 5.75 Å². The molecule has 12 heteroatoms. The van der Waals surface area contributed by atoms with Gasteiger partial charge in [0, 0.05) is 22.6 Å². The molecule has 0 aliphatic heterocycles. The molecule has 3 aromatic rings. The number of rotatable bonds is 8. The maximum Gasteiger partial charge on any atom is 0.374 e. The van der Waals surface area contributed by atoms with Gasteiger partial charge in [-0.25, -0.2) is 4.79 Å². The van der Waals surface area contributed by atoms with Crippen LogP contribution < -0.4 is 15.6 Å². The molecule has 10 nitrogen and oxygen atoms in total. The number of aromatic nitrogens is 3. The van der Waals surface area contributed by atoms with Gasteiger partial charge in [0.05, 0.1) is 24.5 Å². The van der Waals surface area contributed by atoms with Crippen molar-refractivity contribution in [1.82, 2.24) is 14.3 Å². The van der Waals surface area contributed by atoms with Gasteiger partial charge < -0.3 is 19.7 Å². The molecular weight excluding hydrogens is 484 g/mol. The third-order valence-electron chi connectivity index (χ3n) is 4.77. The Bertz CT molecular complexity index is 1320. The summed E-state index contributed by atoms with van der Waals surface area (Å²) in [5.41, 5.74) is -1.34. The summed E-state index contributed by atoms with van der Waals surface area (Å²) in [5.74, 6) is -2.61. The van der Waals surface area contributed by atoms with E-state index in [-0.39, 0.29) is 22.9 Å². The Morgan fingerprint density at radius 1 is 1.24 bits per heavy atom. The molecule has 0 spiro atoms. The molecule has 0 radical (unpaired) electrons. The van der Waals surface area contributed by atoms with Crippen LogP contribution in [0, 0.1) is 5.41 Å². The second kappa shape index (κ2) is 9.82. The minimum atomic E-state index is -1.65. The molecule has 34 heavy (non-hydrogen) atoms. The fourth-order valence-electron chi connectivity index (χ4n) is 3.04. The largest absolute Gasteiger partial charge is 0.496 e. The summed E-state index contributed by atoms with van der Waals surface area (Å²) in [5, 5.41) is 16.4. The van der Waals surface area contributed by atoms with E-state index < -0.39 is 29.3 Å². The van der Waals surface area contributed by atoms with Gasteiger partial charge in [0.2, 0.25) is 0 Å². The first-order valence-electron chi connectivity index (χ1n) is 10.1. The average molecular weight is 507 g/mol. The average Bonchev–Trinajstić information content (AvgIpc) is 3.37. The van der Waals surface area contributed by atoms with Crippen LogP contribution in [0.15, 0.2) is 35.3 Å². The molecule has 0 aliphatic carbocycles. The lowest BCUT2D eigenvalue weighted by atomic mass is 9.96. The van der Waals surface area contributed by atoms with Crippen LogP contribution >= 0.6 is 22.9 Å². The first kappa shape index (κ1) is 25.2. The second-order valence-electron chi connectivity index (χ2n) is 8.36. The number of Topliss-reactive ketones (excluding diaryl/α,β-unsaturated/α-hetero) is 1. The summed E-state index contributed by atoms with van der Waals surface area (Å²) >= 11 is 7.38. The van der Waals surface area contributed by atoms with Crippen LogP contribution in [-0.4, -0.2) is 44.2 Å². The maximum atomic E-state index is 13.1. The third kappa shape index (κ3) is 5.37. The zero-order valence-electron chi connectivity index (χ0n) is 18.9. The highest BCUT2D eigenvalue weighted by atomic mass is 35.5. The number of thiophene rings is 1. The highest BCUT2D eigenvalue weighted by Gasteiger charge is 2.28. The molecule has 0 aromatic carbocycles. The molecule has 3 rings (SSSR count). The number of pyridine rings is 1. The van der Waals surface area contributed by atoms with Crippen LogP contribution in [0.25, 0.3) is 11.3 Å². The lowest BCUT2D eigenvalue weighted by Crippen LogP contribution is -2.29. The highest BCUT2D eigenvalue weighted by Crippen LogP contribution is 2.30. The van der Waals surface area contributed by atoms with E-state index in [1.165, 1.54) is 41.5 Å². The molecule has 0 saturated heterocycles. The topological polar surface area (TPSA) is 133 Å². The molecule has 0 fully saturated rings. The number of carbonyl (C=O) groups excluding carboxylic acids is 2. The van der Waals surface area contributed by atoms with Gasteiger partial charge in [-0.3, -0.25) is 14.4 Å². The van der Waals surface area contributed by atoms with E-state index in [2.05, 4.69) is 10.4 Å². The summed E-state index contributed by atoms with van der Waals surface area (Å²) in [7, 11) is 1.36. The molecule has 180 valence electrons. The Kier molecular flexibility index (Phi) is 7.27. The van der Waals surface area contributed by atoms with E-state index in [1.54, 1.807) is 26.8 Å². The number of anilines is 1. The summed E-state index contributed by atoms with van der Waals surface area (Å²) in [6.45, 7) is 4.94. The van der Waals surface area contributed by atoms with Crippen LogP contribution in [0.4, 0.5) is 5.82 Å². The Balaban J connectivity index is 2.10. The van der Waals surface area contributed by atoms with E-state index in [1.807, 2.05) is 6.07 Å². The number of aliphatic carboxylic acids is 1. The van der Waals surface area contributed by atoms with E-state index in [0.717, 1.165) is 9.44 Å². The van der Waals surface area contributed by atoms with Crippen LogP contribution in [0.3, 0.4) is 0 Å². The minimum absolute atomic E-state index is 0.00846. The van der Waals surface area contributed by atoms with Crippen molar-refractivity contribution in [2.24, 2.45) is 5.41 Å². The van der Waals surface area contributed by atoms with E-state index >= 15 is 0 Å². The molecule has 2 N–H and O–H groups in total. The van der Waals surface area contributed by atoms with Gasteiger partial charge in [0.15, 0.2) is 0 Å². The summed E-state index contributed by atoms with van der Waals surface area (Å²) < 4.78 is 8.08. The van der Waals surface area contributed by atoms with Gasteiger partial charge in [0.25, 0.3) is 17.2 Å². The summed E-state index contributed by atoms with van der Waals surface area (Å²) in [6.07, 6.45) is 1.27. The van der Waals surface area contributed by atoms with E-state index in [4.69, 9.17) is 21.4 Å². The Labute approximate surface area is 203 Å². The molecule has 0 atom stereocenters. The van der Waals surface area contributed by atoms with Crippen LogP contribution in [0.2, 0.25) is 4.34 Å². The number of hydrogen-bond acceptors (Lipinski definition) is 8.